The third kappa shape index (κ3) is 3.54. The van der Waals surface area contributed by atoms with E-state index in [-0.39, 0.29) is 17.9 Å². The molecule has 2 heterocycles. The molecule has 0 spiro atoms. The summed E-state index contributed by atoms with van der Waals surface area (Å²) in [6, 6.07) is 16.6. The molecule has 0 saturated carbocycles. The highest BCUT2D eigenvalue weighted by atomic mass is 16.2. The van der Waals surface area contributed by atoms with Gasteiger partial charge in [-0.3, -0.25) is 19.6 Å². The van der Waals surface area contributed by atoms with Crippen molar-refractivity contribution in [2.45, 2.75) is 32.7 Å². The number of anilines is 1. The van der Waals surface area contributed by atoms with Crippen LogP contribution in [-0.4, -0.2) is 23.0 Å². The van der Waals surface area contributed by atoms with Crippen LogP contribution in [0.1, 0.15) is 51.5 Å². The van der Waals surface area contributed by atoms with Crippen molar-refractivity contribution < 1.29 is 9.59 Å². The minimum absolute atomic E-state index is 0.124. The zero-order valence-electron chi connectivity index (χ0n) is 17.2. The van der Waals surface area contributed by atoms with Gasteiger partial charge in [0, 0.05) is 24.2 Å². The number of fused-ring (bicyclic) bond motifs is 1. The number of amides is 2. The van der Waals surface area contributed by atoms with Gasteiger partial charge in [-0.15, -0.1) is 0 Å². The van der Waals surface area contributed by atoms with Crippen molar-refractivity contribution in [1.29, 1.82) is 0 Å². The van der Waals surface area contributed by atoms with Gasteiger partial charge >= 0.3 is 0 Å². The van der Waals surface area contributed by atoms with E-state index in [2.05, 4.69) is 9.98 Å². The predicted molar refractivity (Wildman–Crippen MR) is 118 cm³/mol. The molecule has 0 aliphatic carbocycles. The third-order valence-corrected chi connectivity index (χ3v) is 5.61. The molecule has 0 bridgehead atoms. The lowest BCUT2D eigenvalue weighted by Gasteiger charge is -2.31. The molecule has 0 fully saturated rings. The Labute approximate surface area is 176 Å². The van der Waals surface area contributed by atoms with Crippen LogP contribution in [0.25, 0.3) is 0 Å². The van der Waals surface area contributed by atoms with Crippen LogP contribution in [0, 0.1) is 13.8 Å². The molecule has 0 unspecified atom stereocenters. The largest absolute Gasteiger partial charge is 0.289 e. The number of carbonyl (C=O) groups excluding carboxylic acids is 2. The monoisotopic (exact) mass is 397 g/mol. The minimum atomic E-state index is -0.621. The number of rotatable bonds is 4. The molecule has 1 aliphatic rings. The number of aromatic nitrogens is 1. The van der Waals surface area contributed by atoms with E-state index in [9.17, 15) is 9.59 Å². The second kappa shape index (κ2) is 8.03. The molecular weight excluding hydrogens is 374 g/mol. The Morgan fingerprint density at radius 3 is 2.47 bits per heavy atom. The summed E-state index contributed by atoms with van der Waals surface area (Å²) in [5, 5.41) is 0. The molecule has 4 rings (SSSR count). The summed E-state index contributed by atoms with van der Waals surface area (Å²) < 4.78 is 0. The number of pyridine rings is 1. The molecule has 0 saturated heterocycles. The van der Waals surface area contributed by atoms with E-state index in [1.807, 2.05) is 69.3 Å². The summed E-state index contributed by atoms with van der Waals surface area (Å²) in [5.74, 6) is -1.21. The first kappa shape index (κ1) is 19.7. The number of hydrogen-bond donors (Lipinski definition) is 0. The van der Waals surface area contributed by atoms with Gasteiger partial charge in [0.1, 0.15) is 0 Å². The minimum Gasteiger partial charge on any atom is -0.289 e. The summed E-state index contributed by atoms with van der Waals surface area (Å²) in [7, 11) is 0. The fourth-order valence-electron chi connectivity index (χ4n) is 3.65. The fraction of sp³-hybridized carbons (Fsp3) is 0.200. The zero-order valence-corrected chi connectivity index (χ0v) is 17.2. The van der Waals surface area contributed by atoms with Crippen molar-refractivity contribution in [3.63, 3.8) is 0 Å². The lowest BCUT2D eigenvalue weighted by atomic mass is 9.88. The van der Waals surface area contributed by atoms with Crippen LogP contribution < -0.4 is 4.90 Å². The average molecular weight is 397 g/mol. The molecule has 2 amide bonds. The maximum atomic E-state index is 13.4. The highest BCUT2D eigenvalue weighted by Gasteiger charge is 2.38. The highest BCUT2D eigenvalue weighted by molar-refractivity contribution is 6.29. The molecule has 1 aliphatic heterocycles. The molecule has 5 nitrogen and oxygen atoms in total. The van der Waals surface area contributed by atoms with Gasteiger partial charge in [0.25, 0.3) is 5.91 Å². The Bertz CT molecular complexity index is 1140. The van der Waals surface area contributed by atoms with Gasteiger partial charge in [-0.2, -0.15) is 0 Å². The van der Waals surface area contributed by atoms with E-state index in [4.69, 9.17) is 0 Å². The SMILES string of the molecule is Cc1ccc(N2C(=O)c3ccccc3[C@H](C=N[C@@H](C)c3ccncc3)C2=O)cc1C. The normalized spacial score (nSPS) is 17.3. The Morgan fingerprint density at radius 1 is 1.00 bits per heavy atom. The van der Waals surface area contributed by atoms with Crippen LogP contribution >= 0.6 is 0 Å². The van der Waals surface area contributed by atoms with Crippen LogP contribution in [0.2, 0.25) is 0 Å². The van der Waals surface area contributed by atoms with Gasteiger partial charge < -0.3 is 0 Å². The summed E-state index contributed by atoms with van der Waals surface area (Å²) >= 11 is 0. The molecule has 1 aromatic heterocycles. The quantitative estimate of drug-likeness (QED) is 0.469. The van der Waals surface area contributed by atoms with Crippen molar-refractivity contribution in [2.75, 3.05) is 4.90 Å². The summed E-state index contributed by atoms with van der Waals surface area (Å²) in [5.41, 5.74) is 4.97. The van der Waals surface area contributed by atoms with Crippen LogP contribution in [0.15, 0.2) is 72.0 Å². The van der Waals surface area contributed by atoms with E-state index in [1.54, 1.807) is 24.7 Å². The Morgan fingerprint density at radius 2 is 1.73 bits per heavy atom. The van der Waals surface area contributed by atoms with Crippen LogP contribution in [-0.2, 0) is 4.79 Å². The summed E-state index contributed by atoms with van der Waals surface area (Å²) in [4.78, 5) is 36.6. The molecule has 5 heteroatoms. The van der Waals surface area contributed by atoms with Gasteiger partial charge in [0.05, 0.1) is 17.6 Å². The molecular formula is C25H23N3O2. The van der Waals surface area contributed by atoms with Crippen LogP contribution in [0.4, 0.5) is 5.69 Å². The highest BCUT2D eigenvalue weighted by Crippen LogP contribution is 2.33. The molecule has 0 radical (unpaired) electrons. The average Bonchev–Trinajstić information content (AvgIpc) is 2.76. The lowest BCUT2D eigenvalue weighted by molar-refractivity contribution is -0.118. The van der Waals surface area contributed by atoms with Crippen molar-refractivity contribution in [3.05, 3.63) is 94.8 Å². The number of imide groups is 1. The molecule has 2 aromatic carbocycles. The molecule has 3 aromatic rings. The third-order valence-electron chi connectivity index (χ3n) is 5.61. The number of carbonyl (C=O) groups is 2. The molecule has 150 valence electrons. The first-order valence-corrected chi connectivity index (χ1v) is 9.95. The number of aryl methyl sites for hydroxylation is 2. The van der Waals surface area contributed by atoms with Crippen molar-refractivity contribution in [1.82, 2.24) is 4.98 Å². The lowest BCUT2D eigenvalue weighted by Crippen LogP contribution is -2.45. The van der Waals surface area contributed by atoms with Gasteiger partial charge in [-0.25, -0.2) is 4.90 Å². The van der Waals surface area contributed by atoms with Gasteiger partial charge in [-0.05, 0) is 73.4 Å². The Balaban J connectivity index is 1.74. The maximum absolute atomic E-state index is 13.4. The fourth-order valence-corrected chi connectivity index (χ4v) is 3.65. The maximum Gasteiger partial charge on any atom is 0.265 e. The van der Waals surface area contributed by atoms with Gasteiger partial charge in [-0.1, -0.05) is 24.3 Å². The summed E-state index contributed by atoms with van der Waals surface area (Å²) in [6.45, 7) is 5.95. The van der Waals surface area contributed by atoms with E-state index < -0.39 is 5.92 Å². The van der Waals surface area contributed by atoms with E-state index in [0.29, 0.717) is 16.8 Å². The van der Waals surface area contributed by atoms with Crippen molar-refractivity contribution >= 4 is 23.7 Å². The second-order valence-corrected chi connectivity index (χ2v) is 7.57. The van der Waals surface area contributed by atoms with E-state index in [0.717, 1.165) is 16.7 Å². The van der Waals surface area contributed by atoms with E-state index in [1.165, 1.54) is 4.90 Å². The number of nitrogens with zero attached hydrogens (tertiary/aromatic N) is 3. The van der Waals surface area contributed by atoms with Crippen LogP contribution in [0.3, 0.4) is 0 Å². The second-order valence-electron chi connectivity index (χ2n) is 7.57. The smallest absolute Gasteiger partial charge is 0.265 e. The Hall–Kier alpha value is -3.60. The first-order valence-electron chi connectivity index (χ1n) is 9.95. The zero-order chi connectivity index (χ0) is 21.3. The van der Waals surface area contributed by atoms with Crippen LogP contribution in [0.5, 0.6) is 0 Å². The Kier molecular flexibility index (Phi) is 5.27. The van der Waals surface area contributed by atoms with Gasteiger partial charge in [0.15, 0.2) is 0 Å². The standard InChI is InChI=1S/C25H23N3O2/c1-16-8-9-20(14-17(16)2)28-24(29)22-7-5-4-6-21(22)23(25(28)30)15-27-18(3)19-10-12-26-13-11-19/h4-15,18,23H,1-3H3/t18-,23-/m0/s1. The number of hydrogen-bond acceptors (Lipinski definition) is 4. The molecule has 2 atom stereocenters. The van der Waals surface area contributed by atoms with Crippen molar-refractivity contribution in [3.8, 4) is 0 Å². The number of benzene rings is 2. The predicted octanol–water partition coefficient (Wildman–Crippen LogP) is 4.80. The number of aliphatic imine (C=N–C) groups is 1. The summed E-state index contributed by atoms with van der Waals surface area (Å²) in [6.07, 6.45) is 5.12. The van der Waals surface area contributed by atoms with Gasteiger partial charge in [0.2, 0.25) is 5.91 Å². The topological polar surface area (TPSA) is 62.6 Å². The van der Waals surface area contributed by atoms with E-state index >= 15 is 0 Å². The van der Waals surface area contributed by atoms with Crippen molar-refractivity contribution in [2.24, 2.45) is 4.99 Å². The molecule has 30 heavy (non-hydrogen) atoms. The first-order chi connectivity index (χ1) is 14.5. The molecule has 0 N–H and O–H groups in total.